The summed E-state index contributed by atoms with van der Waals surface area (Å²) in [5, 5.41) is 15.1. The van der Waals surface area contributed by atoms with Crippen LogP contribution in [0.1, 0.15) is 101 Å². The average Bonchev–Trinajstić information content (AvgIpc) is 3.78. The molecular formula is C37H41FN2O3. The SMILES string of the molecule is CC(C)(C)c1cc([C@@H]2C3=C(C[C@@H](c4ccc(F)cc4)CC3=O)Nc3ccccc3N2C(=O)C2CC2)cc(C(C)(C)C)c1O. The molecule has 3 aliphatic rings. The van der Waals surface area contributed by atoms with E-state index in [9.17, 15) is 19.1 Å². The maximum absolute atomic E-state index is 14.4. The Balaban J connectivity index is 1.62. The van der Waals surface area contributed by atoms with E-state index in [4.69, 9.17) is 0 Å². The largest absolute Gasteiger partial charge is 0.507 e. The summed E-state index contributed by atoms with van der Waals surface area (Å²) in [4.78, 5) is 30.5. The highest BCUT2D eigenvalue weighted by atomic mass is 19.1. The van der Waals surface area contributed by atoms with Gasteiger partial charge in [0.05, 0.1) is 17.4 Å². The molecule has 1 fully saturated rings. The lowest BCUT2D eigenvalue weighted by Crippen LogP contribution is -2.39. The first-order valence-electron chi connectivity index (χ1n) is 15.3. The third-order valence-corrected chi connectivity index (χ3v) is 9.06. The van der Waals surface area contributed by atoms with Crippen LogP contribution < -0.4 is 10.2 Å². The van der Waals surface area contributed by atoms with Crippen LogP contribution in [-0.4, -0.2) is 16.8 Å². The highest BCUT2D eigenvalue weighted by Crippen LogP contribution is 2.51. The predicted octanol–water partition coefficient (Wildman–Crippen LogP) is 8.44. The number of phenols is 1. The summed E-state index contributed by atoms with van der Waals surface area (Å²) in [6, 6.07) is 17.5. The lowest BCUT2D eigenvalue weighted by Gasteiger charge is -2.37. The molecule has 5 nitrogen and oxygen atoms in total. The lowest BCUT2D eigenvalue weighted by molar-refractivity contribution is -0.120. The molecule has 0 radical (unpaired) electrons. The Bertz CT molecular complexity index is 1600. The van der Waals surface area contributed by atoms with Crippen molar-refractivity contribution in [3.05, 3.63) is 100 Å². The fourth-order valence-corrected chi connectivity index (χ4v) is 6.60. The highest BCUT2D eigenvalue weighted by Gasteiger charge is 2.45. The molecule has 2 N–H and O–H groups in total. The molecule has 224 valence electrons. The van der Waals surface area contributed by atoms with Crippen LogP contribution in [0, 0.1) is 11.7 Å². The summed E-state index contributed by atoms with van der Waals surface area (Å²) in [5.74, 6) is -0.256. The number of allylic oxidation sites excluding steroid dienone is 1. The van der Waals surface area contributed by atoms with Gasteiger partial charge in [0.2, 0.25) is 5.91 Å². The quantitative estimate of drug-likeness (QED) is 0.326. The van der Waals surface area contributed by atoms with Crippen molar-refractivity contribution in [2.75, 3.05) is 10.2 Å². The first-order chi connectivity index (χ1) is 20.2. The first-order valence-corrected chi connectivity index (χ1v) is 15.3. The number of ketones is 1. The molecule has 3 aromatic carbocycles. The molecule has 0 unspecified atom stereocenters. The maximum Gasteiger partial charge on any atom is 0.231 e. The minimum absolute atomic E-state index is 0.0177. The predicted molar refractivity (Wildman–Crippen MR) is 169 cm³/mol. The van der Waals surface area contributed by atoms with Gasteiger partial charge in [-0.2, -0.15) is 0 Å². The van der Waals surface area contributed by atoms with Gasteiger partial charge >= 0.3 is 0 Å². The van der Waals surface area contributed by atoms with Crippen LogP contribution in [0.2, 0.25) is 0 Å². The number of rotatable bonds is 3. The number of phenolic OH excluding ortho intramolecular Hbond substituents is 1. The molecule has 1 amide bonds. The number of carbonyl (C=O) groups is 2. The minimum Gasteiger partial charge on any atom is -0.507 e. The van der Waals surface area contributed by atoms with Gasteiger partial charge in [-0.05, 0) is 94.7 Å². The van der Waals surface area contributed by atoms with Gasteiger partial charge in [-0.15, -0.1) is 0 Å². The van der Waals surface area contributed by atoms with Crippen molar-refractivity contribution in [2.24, 2.45) is 5.92 Å². The van der Waals surface area contributed by atoms with Gasteiger partial charge in [0, 0.05) is 23.6 Å². The van der Waals surface area contributed by atoms with E-state index in [2.05, 4.69) is 46.9 Å². The zero-order chi connectivity index (χ0) is 30.8. The number of benzene rings is 3. The molecule has 1 saturated carbocycles. The van der Waals surface area contributed by atoms with E-state index in [0.717, 1.165) is 52.2 Å². The molecule has 2 atom stereocenters. The molecule has 1 heterocycles. The number of para-hydroxylation sites is 2. The summed E-state index contributed by atoms with van der Waals surface area (Å²) < 4.78 is 13.8. The third kappa shape index (κ3) is 5.37. The molecule has 0 aromatic heterocycles. The first kappa shape index (κ1) is 29.2. The highest BCUT2D eigenvalue weighted by molar-refractivity contribution is 6.07. The molecule has 0 bridgehead atoms. The van der Waals surface area contributed by atoms with Crippen molar-refractivity contribution < 1.29 is 19.1 Å². The fourth-order valence-electron chi connectivity index (χ4n) is 6.60. The number of anilines is 2. The Morgan fingerprint density at radius 1 is 0.884 bits per heavy atom. The molecule has 0 spiro atoms. The summed E-state index contributed by atoms with van der Waals surface area (Å²) in [6.45, 7) is 12.4. The van der Waals surface area contributed by atoms with E-state index < -0.39 is 6.04 Å². The van der Waals surface area contributed by atoms with Crippen LogP contribution in [0.25, 0.3) is 0 Å². The Morgan fingerprint density at radius 2 is 1.49 bits per heavy atom. The van der Waals surface area contributed by atoms with Gasteiger partial charge in [-0.25, -0.2) is 4.39 Å². The van der Waals surface area contributed by atoms with Gasteiger partial charge in [-0.3, -0.25) is 14.5 Å². The minimum atomic E-state index is -0.663. The Hall–Kier alpha value is -3.93. The third-order valence-electron chi connectivity index (χ3n) is 9.06. The van der Waals surface area contributed by atoms with Gasteiger partial charge in [-0.1, -0.05) is 65.8 Å². The molecular weight excluding hydrogens is 539 g/mol. The van der Waals surface area contributed by atoms with E-state index in [1.165, 1.54) is 12.1 Å². The smallest absolute Gasteiger partial charge is 0.231 e. The summed E-state index contributed by atoms with van der Waals surface area (Å²) >= 11 is 0. The maximum atomic E-state index is 14.4. The van der Waals surface area contributed by atoms with E-state index in [0.29, 0.717) is 12.0 Å². The van der Waals surface area contributed by atoms with E-state index >= 15 is 0 Å². The average molecular weight is 581 g/mol. The number of Topliss-reactive ketones (excluding diaryl/α,β-unsaturated/α-hetero) is 1. The number of nitrogens with one attached hydrogen (secondary N) is 1. The zero-order valence-electron chi connectivity index (χ0n) is 25.9. The Labute approximate surface area is 253 Å². The van der Waals surface area contributed by atoms with Crippen molar-refractivity contribution in [1.82, 2.24) is 0 Å². The normalized spacial score (nSPS) is 20.7. The lowest BCUT2D eigenvalue weighted by atomic mass is 9.74. The topological polar surface area (TPSA) is 69.6 Å². The number of carbonyl (C=O) groups excluding carboxylic acids is 2. The van der Waals surface area contributed by atoms with Crippen LogP contribution in [0.5, 0.6) is 5.75 Å². The second kappa shape index (κ2) is 10.4. The van der Waals surface area contributed by atoms with Crippen molar-refractivity contribution in [3.63, 3.8) is 0 Å². The number of amides is 1. The van der Waals surface area contributed by atoms with Gasteiger partial charge in [0.15, 0.2) is 5.78 Å². The molecule has 6 rings (SSSR count). The Kier molecular flexibility index (Phi) is 7.02. The van der Waals surface area contributed by atoms with Gasteiger partial charge in [0.1, 0.15) is 11.6 Å². The van der Waals surface area contributed by atoms with Gasteiger partial charge in [0.25, 0.3) is 0 Å². The van der Waals surface area contributed by atoms with Crippen LogP contribution in [0.3, 0.4) is 0 Å². The molecule has 43 heavy (non-hydrogen) atoms. The standard InChI is InChI=1S/C37H41FN2O3/c1-36(2,3)26-17-24(18-27(34(26)42)37(4,5)6)33-32-29(19-23(20-31(32)41)21-13-15-25(38)16-14-21)39-28-9-7-8-10-30(28)40(33)35(43)22-11-12-22/h7-10,13-18,22-23,33,39,42H,11-12,19-20H2,1-6H3/t23-,33-/m1/s1. The van der Waals surface area contributed by atoms with E-state index in [-0.39, 0.29) is 52.3 Å². The second-order valence-corrected chi connectivity index (χ2v) is 14.5. The molecule has 2 aliphatic carbocycles. The van der Waals surface area contributed by atoms with E-state index in [1.54, 1.807) is 12.1 Å². The molecule has 6 heteroatoms. The monoisotopic (exact) mass is 580 g/mol. The van der Waals surface area contributed by atoms with Crippen molar-refractivity contribution >= 4 is 23.1 Å². The number of nitrogens with zero attached hydrogens (tertiary/aromatic N) is 1. The second-order valence-electron chi connectivity index (χ2n) is 14.5. The van der Waals surface area contributed by atoms with Crippen molar-refractivity contribution in [1.29, 1.82) is 0 Å². The number of halogens is 1. The van der Waals surface area contributed by atoms with Crippen LogP contribution in [-0.2, 0) is 20.4 Å². The van der Waals surface area contributed by atoms with Crippen LogP contribution in [0.15, 0.2) is 71.9 Å². The molecule has 3 aromatic rings. The van der Waals surface area contributed by atoms with E-state index in [1.807, 2.05) is 41.3 Å². The number of fused-ring (bicyclic) bond motifs is 1. The van der Waals surface area contributed by atoms with Crippen LogP contribution >= 0.6 is 0 Å². The Morgan fingerprint density at radius 3 is 2.07 bits per heavy atom. The summed E-state index contributed by atoms with van der Waals surface area (Å²) in [7, 11) is 0. The molecule has 1 aliphatic heterocycles. The van der Waals surface area contributed by atoms with Crippen molar-refractivity contribution in [3.8, 4) is 5.75 Å². The van der Waals surface area contributed by atoms with Gasteiger partial charge < -0.3 is 10.4 Å². The number of aromatic hydroxyl groups is 1. The number of hydrogen-bond acceptors (Lipinski definition) is 4. The summed E-state index contributed by atoms with van der Waals surface area (Å²) in [5.41, 5.74) is 5.45. The van der Waals surface area contributed by atoms with Crippen molar-refractivity contribution in [2.45, 2.75) is 90.0 Å². The van der Waals surface area contributed by atoms with Crippen LogP contribution in [0.4, 0.5) is 15.8 Å². The molecule has 0 saturated heterocycles. The fraction of sp³-hybridized carbons (Fsp3) is 0.405. The zero-order valence-corrected chi connectivity index (χ0v) is 25.9. The number of hydrogen-bond donors (Lipinski definition) is 2. The summed E-state index contributed by atoms with van der Waals surface area (Å²) in [6.07, 6.45) is 2.49.